The standard InChI is InChI=1S/C23H26N4O3.ClH/c1-14-19-13-27(9-11-30-10-7-25-23(29)24-3)8-6-17(19)15(2)22-21(14)18-12-16(28)4-5-20(18)26-22;/h4-6,8,12-13H,7,9-11H2,1-3H3,(H3,24,25,28,29);1H. The third-order valence-electron chi connectivity index (χ3n) is 5.61. The normalized spacial score (nSPS) is 11.1. The van der Waals surface area contributed by atoms with Gasteiger partial charge in [0.25, 0.3) is 0 Å². The maximum Gasteiger partial charge on any atom is 0.314 e. The predicted molar refractivity (Wildman–Crippen MR) is 118 cm³/mol. The van der Waals surface area contributed by atoms with E-state index in [1.807, 2.05) is 12.1 Å². The summed E-state index contributed by atoms with van der Waals surface area (Å²) >= 11 is 0. The Morgan fingerprint density at radius 2 is 1.94 bits per heavy atom. The van der Waals surface area contributed by atoms with Gasteiger partial charge < -0.3 is 37.9 Å². The van der Waals surface area contributed by atoms with Gasteiger partial charge in [0.05, 0.1) is 12.1 Å². The molecule has 0 saturated heterocycles. The topological polar surface area (TPSA) is 90.3 Å². The molecule has 164 valence electrons. The van der Waals surface area contributed by atoms with Gasteiger partial charge in [-0.25, -0.2) is 9.36 Å². The van der Waals surface area contributed by atoms with Crippen molar-refractivity contribution in [1.82, 2.24) is 15.6 Å². The molecule has 2 amide bonds. The van der Waals surface area contributed by atoms with Crippen LogP contribution in [0.25, 0.3) is 32.6 Å². The quantitative estimate of drug-likeness (QED) is 0.251. The molecule has 0 atom stereocenters. The van der Waals surface area contributed by atoms with Gasteiger partial charge in [0.1, 0.15) is 12.4 Å². The van der Waals surface area contributed by atoms with E-state index in [2.05, 4.69) is 52.5 Å². The molecule has 0 unspecified atom stereocenters. The molecule has 31 heavy (non-hydrogen) atoms. The molecule has 0 bridgehead atoms. The minimum absolute atomic E-state index is 0. The molecule has 4 aromatic rings. The highest BCUT2D eigenvalue weighted by molar-refractivity contribution is 6.16. The lowest BCUT2D eigenvalue weighted by Crippen LogP contribution is -3.00. The van der Waals surface area contributed by atoms with Crippen molar-refractivity contribution in [3.8, 4) is 5.75 Å². The number of aromatic hydroxyl groups is 1. The summed E-state index contributed by atoms with van der Waals surface area (Å²) in [7, 11) is 1.59. The lowest BCUT2D eigenvalue weighted by molar-refractivity contribution is -0.697. The van der Waals surface area contributed by atoms with Crippen molar-refractivity contribution >= 4 is 38.6 Å². The van der Waals surface area contributed by atoms with Gasteiger partial charge in [0, 0.05) is 41.3 Å². The summed E-state index contributed by atoms with van der Waals surface area (Å²) in [6, 6.07) is 7.40. The fourth-order valence-electron chi connectivity index (χ4n) is 4.02. The zero-order valence-electron chi connectivity index (χ0n) is 17.9. The van der Waals surface area contributed by atoms with Gasteiger partial charge in [-0.3, -0.25) is 0 Å². The average Bonchev–Trinajstić information content (AvgIpc) is 3.13. The van der Waals surface area contributed by atoms with Crippen LogP contribution in [0.4, 0.5) is 4.79 Å². The molecule has 2 aromatic carbocycles. The van der Waals surface area contributed by atoms with Gasteiger partial charge in [0.2, 0.25) is 0 Å². The number of aromatic nitrogens is 2. The van der Waals surface area contributed by atoms with E-state index in [4.69, 9.17) is 4.74 Å². The van der Waals surface area contributed by atoms with Gasteiger partial charge in [-0.2, -0.15) is 0 Å². The van der Waals surface area contributed by atoms with Gasteiger partial charge in [-0.05, 0) is 48.6 Å². The molecule has 0 spiro atoms. The second-order valence-electron chi connectivity index (χ2n) is 7.48. The highest BCUT2D eigenvalue weighted by Gasteiger charge is 2.16. The summed E-state index contributed by atoms with van der Waals surface area (Å²) in [5.74, 6) is 0.270. The van der Waals surface area contributed by atoms with E-state index < -0.39 is 0 Å². The van der Waals surface area contributed by atoms with E-state index in [0.717, 1.165) is 28.4 Å². The molecule has 4 rings (SSSR count). The lowest BCUT2D eigenvalue weighted by atomic mass is 9.97. The molecule has 8 heteroatoms. The zero-order valence-corrected chi connectivity index (χ0v) is 18.6. The Kier molecular flexibility index (Phi) is 6.87. The number of nitrogens with one attached hydrogen (secondary N) is 3. The number of hydrogen-bond acceptors (Lipinski definition) is 3. The number of carbonyl (C=O) groups is 1. The number of phenolic OH excluding ortho intramolecular Hbond substituents is 1. The van der Waals surface area contributed by atoms with E-state index in [9.17, 15) is 9.90 Å². The average molecular weight is 443 g/mol. The van der Waals surface area contributed by atoms with E-state index >= 15 is 0 Å². The highest BCUT2D eigenvalue weighted by Crippen LogP contribution is 2.37. The highest BCUT2D eigenvalue weighted by atomic mass is 35.5. The number of H-pyrrole nitrogens is 1. The monoisotopic (exact) mass is 442 g/mol. The Morgan fingerprint density at radius 3 is 2.71 bits per heavy atom. The Morgan fingerprint density at radius 1 is 1.13 bits per heavy atom. The Labute approximate surface area is 186 Å². The smallest absolute Gasteiger partial charge is 0.314 e. The Bertz CT molecular complexity index is 1250. The molecule has 0 radical (unpaired) electrons. The number of benzene rings is 2. The van der Waals surface area contributed by atoms with Crippen LogP contribution in [-0.4, -0.2) is 42.9 Å². The van der Waals surface area contributed by atoms with Crippen molar-refractivity contribution in [1.29, 1.82) is 0 Å². The van der Waals surface area contributed by atoms with Crippen LogP contribution < -0.4 is 27.6 Å². The summed E-state index contributed by atoms with van der Waals surface area (Å²) in [5, 5.41) is 19.8. The maximum atomic E-state index is 11.1. The molecule has 4 N–H and O–H groups in total. The van der Waals surface area contributed by atoms with Crippen LogP contribution in [0.5, 0.6) is 5.75 Å². The van der Waals surface area contributed by atoms with Crippen molar-refractivity contribution in [3.63, 3.8) is 0 Å². The molecule has 0 aliphatic carbocycles. The molecule has 0 aliphatic rings. The molecule has 0 fully saturated rings. The number of urea groups is 1. The maximum absolute atomic E-state index is 11.1. The number of aryl methyl sites for hydroxylation is 2. The second kappa shape index (κ2) is 9.41. The summed E-state index contributed by atoms with van der Waals surface area (Å²) in [6.45, 7) is 6.50. The number of hydrogen-bond donors (Lipinski definition) is 4. The second-order valence-corrected chi connectivity index (χ2v) is 7.48. The number of nitrogens with zero attached hydrogens (tertiary/aromatic N) is 1. The number of halogens is 1. The molecule has 0 aliphatic heterocycles. The fourth-order valence-corrected chi connectivity index (χ4v) is 4.02. The first kappa shape index (κ1) is 22.7. The van der Waals surface area contributed by atoms with Crippen LogP contribution in [-0.2, 0) is 11.3 Å². The summed E-state index contributed by atoms with van der Waals surface area (Å²) in [4.78, 5) is 14.6. The van der Waals surface area contributed by atoms with Crippen LogP contribution in [0.3, 0.4) is 0 Å². The van der Waals surface area contributed by atoms with Gasteiger partial charge in [-0.1, -0.05) is 0 Å². The van der Waals surface area contributed by atoms with E-state index in [1.165, 1.54) is 21.9 Å². The van der Waals surface area contributed by atoms with Crippen molar-refractivity contribution in [2.24, 2.45) is 0 Å². The summed E-state index contributed by atoms with van der Waals surface area (Å²) in [6.07, 6.45) is 4.23. The predicted octanol–water partition coefficient (Wildman–Crippen LogP) is 0.0338. The fraction of sp³-hybridized carbons (Fsp3) is 0.304. The number of rotatable bonds is 6. The molecule has 0 saturated carbocycles. The first-order chi connectivity index (χ1) is 14.5. The van der Waals surface area contributed by atoms with Crippen LogP contribution >= 0.6 is 0 Å². The van der Waals surface area contributed by atoms with Crippen molar-refractivity contribution in [2.45, 2.75) is 20.4 Å². The number of phenols is 1. The van der Waals surface area contributed by atoms with Gasteiger partial charge >= 0.3 is 6.03 Å². The first-order valence-corrected chi connectivity index (χ1v) is 10.1. The van der Waals surface area contributed by atoms with Crippen LogP contribution in [0.2, 0.25) is 0 Å². The van der Waals surface area contributed by atoms with Crippen LogP contribution in [0.15, 0.2) is 36.7 Å². The van der Waals surface area contributed by atoms with E-state index in [0.29, 0.717) is 19.8 Å². The molecular formula is C23H27ClN4O3. The third-order valence-corrected chi connectivity index (χ3v) is 5.61. The molecule has 2 aromatic heterocycles. The molecule has 2 heterocycles. The number of carbonyl (C=O) groups excluding carboxylic acids is 1. The van der Waals surface area contributed by atoms with E-state index in [-0.39, 0.29) is 24.2 Å². The van der Waals surface area contributed by atoms with Crippen molar-refractivity contribution in [3.05, 3.63) is 47.8 Å². The number of aromatic amines is 1. The molecule has 7 nitrogen and oxygen atoms in total. The Balaban J connectivity index is 0.00000272. The van der Waals surface area contributed by atoms with E-state index in [1.54, 1.807) is 13.1 Å². The van der Waals surface area contributed by atoms with Crippen molar-refractivity contribution in [2.75, 3.05) is 26.8 Å². The lowest BCUT2D eigenvalue weighted by Gasteiger charge is -2.09. The van der Waals surface area contributed by atoms with Crippen molar-refractivity contribution < 1.29 is 31.6 Å². The van der Waals surface area contributed by atoms with Crippen LogP contribution in [0, 0.1) is 13.8 Å². The summed E-state index contributed by atoms with van der Waals surface area (Å²) < 4.78 is 7.76. The van der Waals surface area contributed by atoms with Gasteiger partial charge in [0.15, 0.2) is 18.9 Å². The minimum atomic E-state index is -0.203. The third kappa shape index (κ3) is 4.38. The largest absolute Gasteiger partial charge is 1.00 e. The van der Waals surface area contributed by atoms with Crippen LogP contribution in [0.1, 0.15) is 11.1 Å². The first-order valence-electron chi connectivity index (χ1n) is 10.1. The number of fused-ring (bicyclic) bond motifs is 4. The number of ether oxygens (including phenoxy) is 1. The zero-order chi connectivity index (χ0) is 21.3. The Hall–Kier alpha value is -3.03. The number of amides is 2. The SMILES string of the molecule is CNC(=O)NCCOCC[n+]1ccc2c(C)c3[nH]c4ccc(O)cc4c3c(C)c2c1.[Cl-]. The molecular weight excluding hydrogens is 416 g/mol. The number of pyridine rings is 1. The minimum Gasteiger partial charge on any atom is -1.00 e. The van der Waals surface area contributed by atoms with Gasteiger partial charge in [-0.15, -0.1) is 0 Å². The summed E-state index contributed by atoms with van der Waals surface area (Å²) in [5.41, 5.74) is 4.53.